The van der Waals surface area contributed by atoms with Crippen LogP contribution in [0.1, 0.15) is 15.2 Å². The Morgan fingerprint density at radius 3 is 2.67 bits per heavy atom. The van der Waals surface area contributed by atoms with Gasteiger partial charge in [-0.2, -0.15) is 0 Å². The third kappa shape index (κ3) is 1.52. The molecule has 0 bridgehead atoms. The van der Waals surface area contributed by atoms with Gasteiger partial charge in [0.2, 0.25) is 3.79 Å². The first kappa shape index (κ1) is 7.21. The van der Waals surface area contributed by atoms with Gasteiger partial charge in [-0.1, -0.05) is 0 Å². The smallest absolute Gasteiger partial charge is 0.223 e. The highest BCUT2D eigenvalue weighted by Crippen LogP contribution is 2.17. The number of carbonyl (C=O) groups is 1. The zero-order chi connectivity index (χ0) is 6.85. The standard InChI is InChI=1S/C6H5IOS/c1-4-5(6(7)8)2-3-9-4/h2-3H,1H3. The molecule has 0 atom stereocenters. The van der Waals surface area contributed by atoms with Crippen molar-refractivity contribution in [1.29, 1.82) is 0 Å². The maximum Gasteiger partial charge on any atom is 0.223 e. The summed E-state index contributed by atoms with van der Waals surface area (Å²) in [5, 5.41) is 1.93. The summed E-state index contributed by atoms with van der Waals surface area (Å²) in [5.74, 6) is 0. The van der Waals surface area contributed by atoms with Crippen molar-refractivity contribution in [3.63, 3.8) is 0 Å². The zero-order valence-electron chi connectivity index (χ0n) is 4.85. The Kier molecular flexibility index (Phi) is 2.23. The SMILES string of the molecule is Cc1sccc1C(=O)I. The molecule has 0 saturated carbocycles. The minimum absolute atomic E-state index is 0.131. The number of hydrogen-bond acceptors (Lipinski definition) is 2. The second-order valence-corrected chi connectivity index (χ2v) is 3.76. The Morgan fingerprint density at radius 1 is 1.78 bits per heavy atom. The molecule has 1 rings (SSSR count). The quantitative estimate of drug-likeness (QED) is 0.554. The number of aryl methyl sites for hydroxylation is 1. The third-order valence-electron chi connectivity index (χ3n) is 1.07. The average molecular weight is 252 g/mol. The highest BCUT2D eigenvalue weighted by molar-refractivity contribution is 14.1. The molecule has 9 heavy (non-hydrogen) atoms. The maximum atomic E-state index is 10.7. The van der Waals surface area contributed by atoms with E-state index in [0.717, 1.165) is 10.4 Å². The Labute approximate surface area is 71.2 Å². The lowest BCUT2D eigenvalue weighted by Crippen LogP contribution is -1.84. The summed E-state index contributed by atoms with van der Waals surface area (Å²) in [4.78, 5) is 11.8. The molecule has 48 valence electrons. The predicted molar refractivity (Wildman–Crippen MR) is 47.4 cm³/mol. The molecule has 0 aliphatic heterocycles. The lowest BCUT2D eigenvalue weighted by molar-refractivity contribution is 0.110. The Morgan fingerprint density at radius 2 is 2.44 bits per heavy atom. The zero-order valence-corrected chi connectivity index (χ0v) is 7.82. The summed E-state index contributed by atoms with van der Waals surface area (Å²) >= 11 is 3.41. The van der Waals surface area contributed by atoms with Crippen molar-refractivity contribution in [3.8, 4) is 0 Å². The van der Waals surface area contributed by atoms with E-state index in [0.29, 0.717) is 0 Å². The van der Waals surface area contributed by atoms with Crippen LogP contribution < -0.4 is 0 Å². The molecule has 0 unspecified atom stereocenters. The first-order valence-electron chi connectivity index (χ1n) is 2.45. The van der Waals surface area contributed by atoms with Crippen LogP contribution in [-0.4, -0.2) is 3.79 Å². The van der Waals surface area contributed by atoms with Gasteiger partial charge in [-0.25, -0.2) is 0 Å². The van der Waals surface area contributed by atoms with Crippen molar-refractivity contribution in [2.45, 2.75) is 6.92 Å². The van der Waals surface area contributed by atoms with Gasteiger partial charge in [-0.3, -0.25) is 4.79 Å². The molecule has 0 radical (unpaired) electrons. The van der Waals surface area contributed by atoms with E-state index in [1.54, 1.807) is 33.9 Å². The fraction of sp³-hybridized carbons (Fsp3) is 0.167. The van der Waals surface area contributed by atoms with Gasteiger partial charge >= 0.3 is 0 Å². The van der Waals surface area contributed by atoms with Crippen LogP contribution in [0.5, 0.6) is 0 Å². The largest absolute Gasteiger partial charge is 0.282 e. The van der Waals surface area contributed by atoms with E-state index in [2.05, 4.69) is 0 Å². The first-order chi connectivity index (χ1) is 4.22. The van der Waals surface area contributed by atoms with Crippen LogP contribution in [0.3, 0.4) is 0 Å². The molecule has 1 nitrogen and oxygen atoms in total. The average Bonchev–Trinajstić information content (AvgIpc) is 2.13. The van der Waals surface area contributed by atoms with E-state index in [4.69, 9.17) is 0 Å². The molecular weight excluding hydrogens is 247 g/mol. The summed E-state index contributed by atoms with van der Waals surface area (Å²) in [6.07, 6.45) is 0. The number of hydrogen-bond donors (Lipinski definition) is 0. The van der Waals surface area contributed by atoms with Crippen molar-refractivity contribution in [1.82, 2.24) is 0 Å². The van der Waals surface area contributed by atoms with E-state index in [1.807, 2.05) is 18.4 Å². The molecule has 0 saturated heterocycles. The van der Waals surface area contributed by atoms with E-state index in [1.165, 1.54) is 0 Å². The monoisotopic (exact) mass is 252 g/mol. The van der Waals surface area contributed by atoms with Gasteiger partial charge < -0.3 is 0 Å². The number of rotatable bonds is 1. The van der Waals surface area contributed by atoms with E-state index >= 15 is 0 Å². The molecule has 1 aromatic heterocycles. The molecule has 0 aliphatic rings. The molecule has 1 heterocycles. The van der Waals surface area contributed by atoms with Gasteiger partial charge in [0, 0.05) is 33.0 Å². The van der Waals surface area contributed by atoms with Crippen molar-refractivity contribution >= 4 is 37.7 Å². The molecule has 0 N–H and O–H groups in total. The van der Waals surface area contributed by atoms with Crippen molar-refractivity contribution < 1.29 is 4.79 Å². The Balaban J connectivity index is 3.08. The molecule has 0 amide bonds. The van der Waals surface area contributed by atoms with Crippen LogP contribution in [0.4, 0.5) is 0 Å². The fourth-order valence-electron chi connectivity index (χ4n) is 0.589. The number of thiophene rings is 1. The lowest BCUT2D eigenvalue weighted by atomic mass is 10.3. The summed E-state index contributed by atoms with van der Waals surface area (Å²) in [6.45, 7) is 1.95. The molecule has 0 aliphatic carbocycles. The molecule has 3 heteroatoms. The topological polar surface area (TPSA) is 17.1 Å². The van der Waals surface area contributed by atoms with Crippen molar-refractivity contribution in [2.75, 3.05) is 0 Å². The Bertz CT molecular complexity index is 229. The molecule has 0 fully saturated rings. The normalized spacial score (nSPS) is 9.56. The second kappa shape index (κ2) is 2.79. The van der Waals surface area contributed by atoms with E-state index < -0.39 is 0 Å². The number of halogens is 1. The first-order valence-corrected chi connectivity index (χ1v) is 4.41. The van der Waals surface area contributed by atoms with Crippen molar-refractivity contribution in [2.24, 2.45) is 0 Å². The fourth-order valence-corrected chi connectivity index (χ4v) is 2.05. The van der Waals surface area contributed by atoms with Crippen LogP contribution in [0.15, 0.2) is 11.4 Å². The lowest BCUT2D eigenvalue weighted by Gasteiger charge is -1.86. The summed E-state index contributed by atoms with van der Waals surface area (Å²) in [7, 11) is 0. The van der Waals surface area contributed by atoms with Crippen LogP contribution in [0.25, 0.3) is 0 Å². The molecule has 1 aromatic rings. The summed E-state index contributed by atoms with van der Waals surface area (Å²) < 4.78 is 0.131. The van der Waals surface area contributed by atoms with Gasteiger partial charge in [0.1, 0.15) is 0 Å². The summed E-state index contributed by atoms with van der Waals surface area (Å²) in [6, 6.07) is 1.86. The Hall–Kier alpha value is 0.1000. The van der Waals surface area contributed by atoms with Gasteiger partial charge in [0.25, 0.3) is 0 Å². The van der Waals surface area contributed by atoms with Gasteiger partial charge in [-0.15, -0.1) is 11.3 Å². The number of carbonyl (C=O) groups excluding carboxylic acids is 1. The molecular formula is C6H5IOS. The molecule has 0 aromatic carbocycles. The molecule has 0 spiro atoms. The minimum Gasteiger partial charge on any atom is -0.282 e. The minimum atomic E-state index is 0.131. The predicted octanol–water partition coefficient (Wildman–Crippen LogP) is 2.63. The van der Waals surface area contributed by atoms with Crippen LogP contribution in [0, 0.1) is 6.92 Å². The highest BCUT2D eigenvalue weighted by Gasteiger charge is 2.03. The van der Waals surface area contributed by atoms with Crippen molar-refractivity contribution in [3.05, 3.63) is 21.9 Å². The van der Waals surface area contributed by atoms with Crippen LogP contribution in [-0.2, 0) is 0 Å². The van der Waals surface area contributed by atoms with Crippen LogP contribution in [0.2, 0.25) is 0 Å². The van der Waals surface area contributed by atoms with E-state index in [9.17, 15) is 4.79 Å². The summed E-state index contributed by atoms with van der Waals surface area (Å²) in [5.41, 5.74) is 0.848. The van der Waals surface area contributed by atoms with Gasteiger partial charge in [0.05, 0.1) is 0 Å². The van der Waals surface area contributed by atoms with E-state index in [-0.39, 0.29) is 3.79 Å². The highest BCUT2D eigenvalue weighted by atomic mass is 127. The third-order valence-corrected chi connectivity index (χ3v) is 2.50. The van der Waals surface area contributed by atoms with Gasteiger partial charge in [0.15, 0.2) is 0 Å². The maximum absolute atomic E-state index is 10.7. The van der Waals surface area contributed by atoms with Crippen LogP contribution >= 0.6 is 33.9 Å². The second-order valence-electron chi connectivity index (χ2n) is 1.66. The van der Waals surface area contributed by atoms with Gasteiger partial charge in [-0.05, 0) is 18.4 Å².